The molecule has 1 aliphatic heterocycles. The Hall–Kier alpha value is -1.71. The summed E-state index contributed by atoms with van der Waals surface area (Å²) in [4.78, 5) is 15.2. The number of hydrogen-bond acceptors (Lipinski definition) is 3. The zero-order valence-electron chi connectivity index (χ0n) is 8.68. The van der Waals surface area contributed by atoms with Gasteiger partial charge in [0.05, 0.1) is 6.54 Å². The van der Waals surface area contributed by atoms with E-state index < -0.39 is 0 Å². The molecule has 0 aromatic heterocycles. The van der Waals surface area contributed by atoms with Gasteiger partial charge in [-0.15, -0.1) is 0 Å². The fourth-order valence-corrected chi connectivity index (χ4v) is 1.64. The molecule has 1 aliphatic rings. The zero-order chi connectivity index (χ0) is 10.8. The highest BCUT2D eigenvalue weighted by Crippen LogP contribution is 2.19. The third-order valence-corrected chi connectivity index (χ3v) is 2.67. The van der Waals surface area contributed by atoms with Crippen molar-refractivity contribution in [2.75, 3.05) is 31.6 Å². The van der Waals surface area contributed by atoms with Crippen LogP contribution in [-0.2, 0) is 4.79 Å². The maximum atomic E-state index is 11.5. The Morgan fingerprint density at radius 2 is 1.87 bits per heavy atom. The second kappa shape index (κ2) is 3.81. The van der Waals surface area contributed by atoms with Crippen LogP contribution in [0.25, 0.3) is 0 Å². The van der Waals surface area contributed by atoms with Gasteiger partial charge < -0.3 is 14.9 Å². The molecule has 1 amide bonds. The summed E-state index contributed by atoms with van der Waals surface area (Å²) in [5.74, 6) is 0.383. The minimum absolute atomic E-state index is 0.134. The van der Waals surface area contributed by atoms with Crippen molar-refractivity contribution in [3.63, 3.8) is 0 Å². The molecular weight excluding hydrogens is 192 g/mol. The van der Waals surface area contributed by atoms with Crippen molar-refractivity contribution in [1.82, 2.24) is 4.90 Å². The molecule has 0 atom stereocenters. The predicted molar refractivity (Wildman–Crippen MR) is 58.0 cm³/mol. The van der Waals surface area contributed by atoms with Crippen LogP contribution in [0.3, 0.4) is 0 Å². The van der Waals surface area contributed by atoms with Gasteiger partial charge in [-0.1, -0.05) is 0 Å². The number of amides is 1. The molecule has 0 saturated carbocycles. The van der Waals surface area contributed by atoms with E-state index in [0.717, 1.165) is 18.8 Å². The number of piperazine rings is 1. The van der Waals surface area contributed by atoms with Gasteiger partial charge in [0.25, 0.3) is 0 Å². The van der Waals surface area contributed by atoms with E-state index in [1.807, 2.05) is 24.1 Å². The molecule has 0 aliphatic carbocycles. The van der Waals surface area contributed by atoms with E-state index in [0.29, 0.717) is 6.54 Å². The number of likely N-dealkylation sites (N-methyl/N-ethyl adjacent to an activating group) is 1. The number of aromatic hydroxyl groups is 1. The van der Waals surface area contributed by atoms with Crippen molar-refractivity contribution in [2.45, 2.75) is 0 Å². The fraction of sp³-hybridized carbons (Fsp3) is 0.364. The molecule has 0 bridgehead atoms. The van der Waals surface area contributed by atoms with Crippen LogP contribution >= 0.6 is 0 Å². The maximum Gasteiger partial charge on any atom is 0.241 e. The van der Waals surface area contributed by atoms with E-state index in [1.165, 1.54) is 0 Å². The lowest BCUT2D eigenvalue weighted by Gasteiger charge is -2.33. The molecular formula is C11H14N2O2. The first kappa shape index (κ1) is 9.83. The van der Waals surface area contributed by atoms with Crippen LogP contribution < -0.4 is 4.90 Å². The molecule has 2 rings (SSSR count). The summed E-state index contributed by atoms with van der Waals surface area (Å²) in [5, 5.41) is 9.16. The van der Waals surface area contributed by atoms with Crippen LogP contribution in [0.2, 0.25) is 0 Å². The molecule has 15 heavy (non-hydrogen) atoms. The lowest BCUT2D eigenvalue weighted by molar-refractivity contribution is -0.129. The number of rotatable bonds is 1. The summed E-state index contributed by atoms with van der Waals surface area (Å²) in [7, 11) is 1.82. The molecule has 0 spiro atoms. The van der Waals surface area contributed by atoms with Crippen LogP contribution in [0.5, 0.6) is 5.75 Å². The van der Waals surface area contributed by atoms with Gasteiger partial charge in [-0.25, -0.2) is 0 Å². The van der Waals surface area contributed by atoms with Gasteiger partial charge in [-0.2, -0.15) is 0 Å². The number of anilines is 1. The van der Waals surface area contributed by atoms with Crippen molar-refractivity contribution in [1.29, 1.82) is 0 Å². The molecule has 0 unspecified atom stereocenters. The van der Waals surface area contributed by atoms with Crippen molar-refractivity contribution in [3.05, 3.63) is 24.3 Å². The number of hydrogen-bond donors (Lipinski definition) is 1. The molecule has 80 valence electrons. The predicted octanol–water partition coefficient (Wildman–Crippen LogP) is 0.671. The van der Waals surface area contributed by atoms with Crippen LogP contribution in [-0.4, -0.2) is 42.6 Å². The van der Waals surface area contributed by atoms with Gasteiger partial charge in [0.15, 0.2) is 0 Å². The molecule has 1 saturated heterocycles. The summed E-state index contributed by atoms with van der Waals surface area (Å²) in [6, 6.07) is 6.93. The minimum atomic E-state index is 0.134. The summed E-state index contributed by atoms with van der Waals surface area (Å²) < 4.78 is 0. The summed E-state index contributed by atoms with van der Waals surface area (Å²) in [6.45, 7) is 2.01. The maximum absolute atomic E-state index is 11.5. The molecule has 1 N–H and O–H groups in total. The first-order valence-corrected chi connectivity index (χ1v) is 4.95. The monoisotopic (exact) mass is 206 g/mol. The Kier molecular flexibility index (Phi) is 2.49. The Balaban J connectivity index is 2.12. The molecule has 1 fully saturated rings. The molecule has 1 aromatic rings. The molecule has 4 nitrogen and oxygen atoms in total. The van der Waals surface area contributed by atoms with E-state index in [-0.39, 0.29) is 11.7 Å². The van der Waals surface area contributed by atoms with Crippen LogP contribution in [0.4, 0.5) is 5.69 Å². The molecule has 4 heteroatoms. The zero-order valence-corrected chi connectivity index (χ0v) is 8.68. The topological polar surface area (TPSA) is 43.8 Å². The number of phenolic OH excluding ortho intramolecular Hbond substituents is 1. The highest BCUT2D eigenvalue weighted by molar-refractivity contribution is 5.82. The SMILES string of the molecule is CN1CCN(c2ccc(O)cc2)CC1=O. The first-order valence-electron chi connectivity index (χ1n) is 4.95. The summed E-state index contributed by atoms with van der Waals surface area (Å²) in [6.07, 6.45) is 0. The largest absolute Gasteiger partial charge is 0.508 e. The van der Waals surface area contributed by atoms with Gasteiger partial charge in [-0.3, -0.25) is 4.79 Å². The van der Waals surface area contributed by atoms with Gasteiger partial charge >= 0.3 is 0 Å². The van der Waals surface area contributed by atoms with Gasteiger partial charge in [0, 0.05) is 25.8 Å². The lowest BCUT2D eigenvalue weighted by atomic mass is 10.2. The highest BCUT2D eigenvalue weighted by atomic mass is 16.3. The van der Waals surface area contributed by atoms with E-state index in [9.17, 15) is 4.79 Å². The number of carbonyl (C=O) groups is 1. The van der Waals surface area contributed by atoms with Gasteiger partial charge in [-0.05, 0) is 24.3 Å². The van der Waals surface area contributed by atoms with Gasteiger partial charge in [0.1, 0.15) is 5.75 Å². The third-order valence-electron chi connectivity index (χ3n) is 2.67. The Morgan fingerprint density at radius 3 is 2.47 bits per heavy atom. The van der Waals surface area contributed by atoms with Crippen molar-refractivity contribution in [2.24, 2.45) is 0 Å². The third kappa shape index (κ3) is 2.03. The standard InChI is InChI=1S/C11H14N2O2/c1-12-6-7-13(8-11(12)15)9-2-4-10(14)5-3-9/h2-5,14H,6-8H2,1H3. The summed E-state index contributed by atoms with van der Waals surface area (Å²) >= 11 is 0. The van der Waals surface area contributed by atoms with Gasteiger partial charge in [0.2, 0.25) is 5.91 Å². The second-order valence-corrected chi connectivity index (χ2v) is 3.75. The van der Waals surface area contributed by atoms with Crippen molar-refractivity contribution >= 4 is 11.6 Å². The van der Waals surface area contributed by atoms with Crippen molar-refractivity contribution in [3.8, 4) is 5.75 Å². The van der Waals surface area contributed by atoms with Crippen LogP contribution in [0.15, 0.2) is 24.3 Å². The fourth-order valence-electron chi connectivity index (χ4n) is 1.64. The smallest absolute Gasteiger partial charge is 0.241 e. The molecule has 1 aromatic carbocycles. The van der Waals surface area contributed by atoms with E-state index >= 15 is 0 Å². The van der Waals surface area contributed by atoms with E-state index in [2.05, 4.69) is 0 Å². The van der Waals surface area contributed by atoms with Crippen LogP contribution in [0, 0.1) is 0 Å². The number of carbonyl (C=O) groups excluding carboxylic acids is 1. The Labute approximate surface area is 88.7 Å². The molecule has 0 radical (unpaired) electrons. The first-order chi connectivity index (χ1) is 7.16. The van der Waals surface area contributed by atoms with E-state index in [4.69, 9.17) is 5.11 Å². The molecule has 1 heterocycles. The van der Waals surface area contributed by atoms with Crippen LogP contribution in [0.1, 0.15) is 0 Å². The average Bonchev–Trinajstić information content (AvgIpc) is 2.23. The average molecular weight is 206 g/mol. The number of benzene rings is 1. The highest BCUT2D eigenvalue weighted by Gasteiger charge is 2.20. The van der Waals surface area contributed by atoms with Crippen molar-refractivity contribution < 1.29 is 9.90 Å². The van der Waals surface area contributed by atoms with E-state index in [1.54, 1.807) is 17.0 Å². The lowest BCUT2D eigenvalue weighted by Crippen LogP contribution is -2.48. The second-order valence-electron chi connectivity index (χ2n) is 3.75. The number of phenols is 1. The summed E-state index contributed by atoms with van der Waals surface area (Å²) in [5.41, 5.74) is 0.981. The Bertz CT molecular complexity index is 361. The Morgan fingerprint density at radius 1 is 1.20 bits per heavy atom. The minimum Gasteiger partial charge on any atom is -0.508 e. The normalized spacial score (nSPS) is 17.0. The number of nitrogens with zero attached hydrogens (tertiary/aromatic N) is 2. The quantitative estimate of drug-likeness (QED) is 0.734.